The lowest BCUT2D eigenvalue weighted by atomic mass is 10.0. The Morgan fingerprint density at radius 1 is 1.15 bits per heavy atom. The van der Waals surface area contributed by atoms with Gasteiger partial charge in [-0.3, -0.25) is 0 Å². The normalized spacial score (nSPS) is 12.2. The summed E-state index contributed by atoms with van der Waals surface area (Å²) in [4.78, 5) is 0. The molecule has 0 bridgehead atoms. The van der Waals surface area contributed by atoms with Gasteiger partial charge in [-0.05, 0) is 36.2 Å². The highest BCUT2D eigenvalue weighted by Gasteiger charge is 2.12. The number of methoxy groups -OCH3 is 2. The van der Waals surface area contributed by atoms with Crippen LogP contribution in [0.2, 0.25) is 0 Å². The molecule has 0 saturated carbocycles. The van der Waals surface area contributed by atoms with Gasteiger partial charge in [-0.1, -0.05) is 13.0 Å². The molecule has 1 aromatic carbocycles. The Bertz CT molecular complexity index is 523. The van der Waals surface area contributed by atoms with Gasteiger partial charge >= 0.3 is 0 Å². The molecule has 108 valence electrons. The maximum atomic E-state index is 5.35. The maximum Gasteiger partial charge on any atom is 0.161 e. The summed E-state index contributed by atoms with van der Waals surface area (Å²) in [7, 11) is 3.29. The minimum Gasteiger partial charge on any atom is -0.493 e. The van der Waals surface area contributed by atoms with Crippen LogP contribution in [0.1, 0.15) is 30.7 Å². The van der Waals surface area contributed by atoms with Crippen LogP contribution in [0.15, 0.2) is 41.0 Å². The number of benzene rings is 1. The van der Waals surface area contributed by atoms with Crippen LogP contribution < -0.4 is 14.8 Å². The van der Waals surface area contributed by atoms with E-state index in [-0.39, 0.29) is 6.04 Å². The van der Waals surface area contributed by atoms with Crippen molar-refractivity contribution in [1.29, 1.82) is 0 Å². The van der Waals surface area contributed by atoms with Crippen LogP contribution in [0.25, 0.3) is 0 Å². The highest BCUT2D eigenvalue weighted by atomic mass is 16.5. The van der Waals surface area contributed by atoms with Crippen LogP contribution in [-0.2, 0) is 6.54 Å². The van der Waals surface area contributed by atoms with Crippen LogP contribution in [0.5, 0.6) is 11.5 Å². The minimum atomic E-state index is 0.250. The van der Waals surface area contributed by atoms with Gasteiger partial charge in [-0.25, -0.2) is 0 Å². The quantitative estimate of drug-likeness (QED) is 0.839. The first-order valence-electron chi connectivity index (χ1n) is 6.76. The predicted octanol–water partition coefficient (Wildman–Crippen LogP) is 3.54. The molecule has 0 fully saturated rings. The van der Waals surface area contributed by atoms with Crippen molar-refractivity contribution in [2.24, 2.45) is 0 Å². The molecule has 1 N–H and O–H groups in total. The highest BCUT2D eigenvalue weighted by molar-refractivity contribution is 5.43. The Hall–Kier alpha value is -1.94. The second-order valence-corrected chi connectivity index (χ2v) is 4.54. The average Bonchev–Trinajstić information content (AvgIpc) is 3.01. The Labute approximate surface area is 119 Å². The van der Waals surface area contributed by atoms with E-state index in [0.717, 1.165) is 23.7 Å². The van der Waals surface area contributed by atoms with E-state index >= 15 is 0 Å². The van der Waals surface area contributed by atoms with Gasteiger partial charge in [-0.2, -0.15) is 0 Å². The summed E-state index contributed by atoms with van der Waals surface area (Å²) in [6.07, 6.45) is 2.67. The number of ether oxygens (including phenoxy) is 2. The molecule has 0 saturated heterocycles. The third-order valence-electron chi connectivity index (χ3n) is 3.32. The molecule has 20 heavy (non-hydrogen) atoms. The van der Waals surface area contributed by atoms with E-state index in [1.54, 1.807) is 20.5 Å². The number of nitrogens with one attached hydrogen (secondary N) is 1. The lowest BCUT2D eigenvalue weighted by Gasteiger charge is -2.18. The second-order valence-electron chi connectivity index (χ2n) is 4.54. The third kappa shape index (κ3) is 3.33. The minimum absolute atomic E-state index is 0.250. The van der Waals surface area contributed by atoms with E-state index in [2.05, 4.69) is 18.3 Å². The molecule has 1 unspecified atom stereocenters. The van der Waals surface area contributed by atoms with Crippen molar-refractivity contribution in [3.63, 3.8) is 0 Å². The SMILES string of the molecule is CCC(NCc1ccco1)c1ccc(OC)c(OC)c1. The molecule has 0 aliphatic carbocycles. The summed E-state index contributed by atoms with van der Waals surface area (Å²) in [5, 5.41) is 3.49. The van der Waals surface area contributed by atoms with E-state index in [0.29, 0.717) is 6.54 Å². The molecule has 0 aliphatic rings. The van der Waals surface area contributed by atoms with E-state index in [9.17, 15) is 0 Å². The zero-order valence-corrected chi connectivity index (χ0v) is 12.2. The summed E-state index contributed by atoms with van der Waals surface area (Å²) < 4.78 is 16.0. The molecule has 4 nitrogen and oxygen atoms in total. The lowest BCUT2D eigenvalue weighted by Crippen LogP contribution is -2.20. The summed E-state index contributed by atoms with van der Waals surface area (Å²) in [6, 6.07) is 10.1. The topological polar surface area (TPSA) is 43.6 Å². The predicted molar refractivity (Wildman–Crippen MR) is 78.1 cm³/mol. The molecule has 0 amide bonds. The molecule has 0 aliphatic heterocycles. The maximum absolute atomic E-state index is 5.35. The Balaban J connectivity index is 2.10. The number of hydrogen-bond donors (Lipinski definition) is 1. The fourth-order valence-electron chi connectivity index (χ4n) is 2.20. The van der Waals surface area contributed by atoms with E-state index in [4.69, 9.17) is 13.9 Å². The summed E-state index contributed by atoms with van der Waals surface area (Å²) in [6.45, 7) is 2.86. The number of rotatable bonds is 7. The second kappa shape index (κ2) is 7.01. The molecule has 0 spiro atoms. The zero-order valence-electron chi connectivity index (χ0n) is 12.2. The van der Waals surface area contributed by atoms with E-state index in [1.165, 1.54) is 5.56 Å². The van der Waals surface area contributed by atoms with Gasteiger partial charge in [0.1, 0.15) is 5.76 Å². The summed E-state index contributed by atoms with van der Waals surface area (Å²) in [5.74, 6) is 2.43. The molecule has 4 heteroatoms. The first-order chi connectivity index (χ1) is 9.78. The molecule has 1 aromatic heterocycles. The van der Waals surface area contributed by atoms with Gasteiger partial charge in [0, 0.05) is 6.04 Å². The van der Waals surface area contributed by atoms with Crippen molar-refractivity contribution < 1.29 is 13.9 Å². The molecule has 1 atom stereocenters. The monoisotopic (exact) mass is 275 g/mol. The molecule has 1 heterocycles. The third-order valence-corrected chi connectivity index (χ3v) is 3.32. The van der Waals surface area contributed by atoms with Crippen molar-refractivity contribution in [2.45, 2.75) is 25.9 Å². The largest absolute Gasteiger partial charge is 0.493 e. The van der Waals surface area contributed by atoms with Gasteiger partial charge in [0.05, 0.1) is 27.0 Å². The van der Waals surface area contributed by atoms with E-state index in [1.807, 2.05) is 24.3 Å². The van der Waals surface area contributed by atoms with Crippen molar-refractivity contribution in [1.82, 2.24) is 5.32 Å². The Kier molecular flexibility index (Phi) is 5.07. The van der Waals surface area contributed by atoms with E-state index < -0.39 is 0 Å². The fraction of sp³-hybridized carbons (Fsp3) is 0.375. The first kappa shape index (κ1) is 14.5. The van der Waals surface area contributed by atoms with Gasteiger partial charge in [-0.15, -0.1) is 0 Å². The van der Waals surface area contributed by atoms with Gasteiger partial charge in [0.15, 0.2) is 11.5 Å². The van der Waals surface area contributed by atoms with Gasteiger partial charge < -0.3 is 19.2 Å². The van der Waals surface area contributed by atoms with Gasteiger partial charge in [0.2, 0.25) is 0 Å². The van der Waals surface area contributed by atoms with Crippen LogP contribution in [0.4, 0.5) is 0 Å². The van der Waals surface area contributed by atoms with Crippen molar-refractivity contribution in [2.75, 3.05) is 14.2 Å². The van der Waals surface area contributed by atoms with Crippen LogP contribution in [-0.4, -0.2) is 14.2 Å². The van der Waals surface area contributed by atoms with Crippen LogP contribution >= 0.6 is 0 Å². The lowest BCUT2D eigenvalue weighted by molar-refractivity contribution is 0.353. The average molecular weight is 275 g/mol. The molecular formula is C16H21NO3. The summed E-state index contributed by atoms with van der Waals surface area (Å²) in [5.41, 5.74) is 1.18. The fourth-order valence-corrected chi connectivity index (χ4v) is 2.20. The summed E-state index contributed by atoms with van der Waals surface area (Å²) >= 11 is 0. The van der Waals surface area contributed by atoms with Crippen LogP contribution in [0.3, 0.4) is 0 Å². The molecule has 0 radical (unpaired) electrons. The highest BCUT2D eigenvalue weighted by Crippen LogP contribution is 2.30. The van der Waals surface area contributed by atoms with Crippen molar-refractivity contribution in [3.05, 3.63) is 47.9 Å². The van der Waals surface area contributed by atoms with Crippen LogP contribution in [0, 0.1) is 0 Å². The standard InChI is InChI=1S/C16H21NO3/c1-4-14(17-11-13-6-5-9-20-13)12-7-8-15(18-2)16(10-12)19-3/h5-10,14,17H,4,11H2,1-3H3. The Morgan fingerprint density at radius 3 is 2.55 bits per heavy atom. The molecular weight excluding hydrogens is 254 g/mol. The van der Waals surface area contributed by atoms with Crippen molar-refractivity contribution >= 4 is 0 Å². The zero-order chi connectivity index (χ0) is 14.4. The number of hydrogen-bond acceptors (Lipinski definition) is 4. The molecule has 2 rings (SSSR count). The van der Waals surface area contributed by atoms with Gasteiger partial charge in [0.25, 0.3) is 0 Å². The first-order valence-corrected chi connectivity index (χ1v) is 6.76. The number of furan rings is 1. The smallest absolute Gasteiger partial charge is 0.161 e. The molecule has 2 aromatic rings. The van der Waals surface area contributed by atoms with Crippen molar-refractivity contribution in [3.8, 4) is 11.5 Å². The Morgan fingerprint density at radius 2 is 1.95 bits per heavy atom.